The van der Waals surface area contributed by atoms with Gasteiger partial charge in [0.2, 0.25) is 0 Å². The first-order valence-corrected chi connectivity index (χ1v) is 6.09. The fourth-order valence-corrected chi connectivity index (χ4v) is 1.79. The molecule has 0 bridgehead atoms. The SMILES string of the molecule is C[Si]c1ccc(-c2ccccc2)cn1. The number of hydrogen-bond acceptors (Lipinski definition) is 1. The van der Waals surface area contributed by atoms with Crippen LogP contribution in [0.15, 0.2) is 48.7 Å². The van der Waals surface area contributed by atoms with E-state index in [1.807, 2.05) is 24.4 Å². The first kappa shape index (κ1) is 9.15. The molecule has 1 aromatic carbocycles. The van der Waals surface area contributed by atoms with Gasteiger partial charge in [0.1, 0.15) is 9.52 Å². The van der Waals surface area contributed by atoms with Crippen molar-refractivity contribution in [3.8, 4) is 11.1 Å². The van der Waals surface area contributed by atoms with Crippen molar-refractivity contribution in [2.24, 2.45) is 0 Å². The molecule has 0 amide bonds. The number of benzene rings is 1. The highest BCUT2D eigenvalue weighted by Crippen LogP contribution is 2.15. The normalized spacial score (nSPS) is 10.1. The van der Waals surface area contributed by atoms with Crippen LogP contribution < -0.4 is 5.32 Å². The Kier molecular flexibility index (Phi) is 2.75. The van der Waals surface area contributed by atoms with Crippen LogP contribution in [-0.4, -0.2) is 14.5 Å². The monoisotopic (exact) mass is 197 g/mol. The van der Waals surface area contributed by atoms with Gasteiger partial charge in [0.15, 0.2) is 0 Å². The van der Waals surface area contributed by atoms with Crippen LogP contribution in [0.3, 0.4) is 0 Å². The Hall–Kier alpha value is -1.41. The maximum atomic E-state index is 4.39. The number of nitrogens with zero attached hydrogens (tertiary/aromatic N) is 1. The van der Waals surface area contributed by atoms with E-state index in [0.717, 1.165) is 9.52 Å². The zero-order valence-corrected chi connectivity index (χ0v) is 9.07. The minimum atomic E-state index is 0.773. The summed E-state index contributed by atoms with van der Waals surface area (Å²) in [5, 5.41) is 1.17. The maximum Gasteiger partial charge on any atom is 0.104 e. The predicted octanol–water partition coefficient (Wildman–Crippen LogP) is 2.13. The van der Waals surface area contributed by atoms with Crippen molar-refractivity contribution in [1.82, 2.24) is 4.98 Å². The summed E-state index contributed by atoms with van der Waals surface area (Å²) < 4.78 is 0. The average Bonchev–Trinajstić information content (AvgIpc) is 2.30. The van der Waals surface area contributed by atoms with Crippen molar-refractivity contribution in [2.45, 2.75) is 6.55 Å². The van der Waals surface area contributed by atoms with E-state index in [9.17, 15) is 0 Å². The predicted molar refractivity (Wildman–Crippen MR) is 60.9 cm³/mol. The molecule has 0 atom stereocenters. The molecule has 14 heavy (non-hydrogen) atoms. The summed E-state index contributed by atoms with van der Waals surface area (Å²) in [4.78, 5) is 4.39. The Morgan fingerprint density at radius 3 is 2.29 bits per heavy atom. The smallest absolute Gasteiger partial charge is 0.104 e. The Bertz CT molecular complexity index is 394. The van der Waals surface area contributed by atoms with Gasteiger partial charge in [0.05, 0.1) is 0 Å². The molecule has 0 fully saturated rings. The lowest BCUT2D eigenvalue weighted by molar-refractivity contribution is 1.38. The van der Waals surface area contributed by atoms with Crippen LogP contribution in [0.5, 0.6) is 0 Å². The molecule has 68 valence electrons. The second kappa shape index (κ2) is 4.20. The van der Waals surface area contributed by atoms with Gasteiger partial charge in [-0.05, 0) is 17.2 Å². The number of pyridine rings is 1. The first-order valence-electron chi connectivity index (χ1n) is 4.59. The zero-order chi connectivity index (χ0) is 9.80. The molecule has 0 saturated carbocycles. The van der Waals surface area contributed by atoms with Crippen LogP contribution in [0.4, 0.5) is 0 Å². The molecule has 0 aliphatic heterocycles. The van der Waals surface area contributed by atoms with E-state index in [1.165, 1.54) is 16.4 Å². The zero-order valence-electron chi connectivity index (χ0n) is 8.07. The molecular formula is C12H11NSi. The second-order valence-electron chi connectivity index (χ2n) is 3.05. The Labute approximate surface area is 86.6 Å². The van der Waals surface area contributed by atoms with Crippen molar-refractivity contribution in [3.63, 3.8) is 0 Å². The van der Waals surface area contributed by atoms with Gasteiger partial charge in [0.25, 0.3) is 0 Å². The summed E-state index contributed by atoms with van der Waals surface area (Å²) in [6.45, 7) is 2.14. The third-order valence-corrected chi connectivity index (χ3v) is 2.93. The molecule has 0 N–H and O–H groups in total. The van der Waals surface area contributed by atoms with E-state index in [4.69, 9.17) is 0 Å². The third-order valence-electron chi connectivity index (χ3n) is 2.13. The van der Waals surface area contributed by atoms with Gasteiger partial charge in [-0.3, -0.25) is 4.98 Å². The van der Waals surface area contributed by atoms with E-state index >= 15 is 0 Å². The molecule has 0 spiro atoms. The number of aromatic nitrogens is 1. The van der Waals surface area contributed by atoms with Crippen molar-refractivity contribution >= 4 is 14.8 Å². The fourth-order valence-electron chi connectivity index (χ4n) is 1.34. The van der Waals surface area contributed by atoms with Gasteiger partial charge in [-0.2, -0.15) is 0 Å². The molecule has 0 saturated heterocycles. The van der Waals surface area contributed by atoms with Crippen molar-refractivity contribution in [2.75, 3.05) is 0 Å². The highest BCUT2D eigenvalue weighted by Gasteiger charge is 1.96. The highest BCUT2D eigenvalue weighted by atomic mass is 28.2. The standard InChI is InChI=1S/C12H11NSi/c1-14-12-8-7-11(9-13-12)10-5-3-2-4-6-10/h2-9H,1H3. The molecule has 0 aliphatic carbocycles. The first-order chi connectivity index (χ1) is 6.90. The molecule has 2 heteroatoms. The third kappa shape index (κ3) is 1.91. The quantitative estimate of drug-likeness (QED) is 0.672. The van der Waals surface area contributed by atoms with Gasteiger partial charge in [-0.15, -0.1) is 0 Å². The van der Waals surface area contributed by atoms with Gasteiger partial charge in [0, 0.05) is 11.5 Å². The van der Waals surface area contributed by atoms with Crippen LogP contribution >= 0.6 is 0 Å². The Balaban J connectivity index is 2.34. The average molecular weight is 197 g/mol. The molecule has 0 unspecified atom stereocenters. The summed E-state index contributed by atoms with van der Waals surface area (Å²) in [5.74, 6) is 0. The lowest BCUT2D eigenvalue weighted by Gasteiger charge is -2.01. The fraction of sp³-hybridized carbons (Fsp3) is 0.0833. The van der Waals surface area contributed by atoms with Crippen LogP contribution in [0, 0.1) is 0 Å². The molecule has 2 radical (unpaired) electrons. The Morgan fingerprint density at radius 2 is 1.71 bits per heavy atom. The summed E-state index contributed by atoms with van der Waals surface area (Å²) in [6.07, 6.45) is 1.95. The molecule has 1 heterocycles. The van der Waals surface area contributed by atoms with Crippen molar-refractivity contribution in [1.29, 1.82) is 0 Å². The van der Waals surface area contributed by atoms with Crippen molar-refractivity contribution < 1.29 is 0 Å². The summed E-state index contributed by atoms with van der Waals surface area (Å²) in [6, 6.07) is 14.6. The molecule has 2 rings (SSSR count). The lowest BCUT2D eigenvalue weighted by atomic mass is 10.1. The molecule has 0 aliphatic rings. The molecular weight excluding hydrogens is 186 g/mol. The van der Waals surface area contributed by atoms with Gasteiger partial charge >= 0.3 is 0 Å². The van der Waals surface area contributed by atoms with Crippen LogP contribution in [0.25, 0.3) is 11.1 Å². The number of rotatable bonds is 2. The lowest BCUT2D eigenvalue weighted by Crippen LogP contribution is -2.13. The summed E-state index contributed by atoms with van der Waals surface area (Å²) in [5.41, 5.74) is 2.42. The minimum absolute atomic E-state index is 0.773. The summed E-state index contributed by atoms with van der Waals surface area (Å²) >= 11 is 0. The van der Waals surface area contributed by atoms with E-state index in [0.29, 0.717) is 0 Å². The highest BCUT2D eigenvalue weighted by molar-refractivity contribution is 6.50. The van der Waals surface area contributed by atoms with E-state index < -0.39 is 0 Å². The van der Waals surface area contributed by atoms with Crippen molar-refractivity contribution in [3.05, 3.63) is 48.7 Å². The van der Waals surface area contributed by atoms with E-state index in [1.54, 1.807) is 0 Å². The topological polar surface area (TPSA) is 12.9 Å². The molecule has 1 aromatic heterocycles. The molecule has 2 aromatic rings. The van der Waals surface area contributed by atoms with Crippen LogP contribution in [0.1, 0.15) is 0 Å². The van der Waals surface area contributed by atoms with Gasteiger partial charge in [-0.25, -0.2) is 0 Å². The van der Waals surface area contributed by atoms with E-state index in [2.05, 4.69) is 35.8 Å². The maximum absolute atomic E-state index is 4.39. The summed E-state index contributed by atoms with van der Waals surface area (Å²) in [7, 11) is 0.773. The molecule has 1 nitrogen and oxygen atoms in total. The number of hydrogen-bond donors (Lipinski definition) is 0. The van der Waals surface area contributed by atoms with Gasteiger partial charge < -0.3 is 0 Å². The minimum Gasteiger partial charge on any atom is -0.266 e. The van der Waals surface area contributed by atoms with Crippen LogP contribution in [0.2, 0.25) is 6.55 Å². The van der Waals surface area contributed by atoms with Gasteiger partial charge in [-0.1, -0.05) is 42.9 Å². The largest absolute Gasteiger partial charge is 0.266 e. The second-order valence-corrected chi connectivity index (χ2v) is 4.06. The Morgan fingerprint density at radius 1 is 0.929 bits per heavy atom. The van der Waals surface area contributed by atoms with E-state index in [-0.39, 0.29) is 0 Å². The van der Waals surface area contributed by atoms with Crippen LogP contribution in [-0.2, 0) is 0 Å².